The van der Waals surface area contributed by atoms with Crippen molar-refractivity contribution >= 4 is 11.5 Å². The summed E-state index contributed by atoms with van der Waals surface area (Å²) in [7, 11) is 1.41. The second kappa shape index (κ2) is 6.20. The molecule has 0 aromatic heterocycles. The van der Waals surface area contributed by atoms with Crippen LogP contribution in [0.5, 0.6) is 0 Å². The minimum atomic E-state index is -0.301. The van der Waals surface area contributed by atoms with E-state index in [0.29, 0.717) is 5.57 Å². The van der Waals surface area contributed by atoms with Crippen LogP contribution in [0.3, 0.4) is 0 Å². The van der Waals surface area contributed by atoms with Gasteiger partial charge in [-0.1, -0.05) is 60.2 Å². The first kappa shape index (κ1) is 14.1. The zero-order chi connectivity index (χ0) is 14.5. The van der Waals surface area contributed by atoms with Crippen molar-refractivity contribution in [3.05, 3.63) is 76.9 Å². The van der Waals surface area contributed by atoms with Gasteiger partial charge in [-0.3, -0.25) is 0 Å². The van der Waals surface area contributed by atoms with Gasteiger partial charge in [-0.15, -0.1) is 0 Å². The molecule has 0 aliphatic carbocycles. The number of aryl methyl sites for hydroxylation is 1. The van der Waals surface area contributed by atoms with E-state index in [1.54, 1.807) is 6.92 Å². The van der Waals surface area contributed by atoms with E-state index in [1.807, 2.05) is 61.5 Å². The Morgan fingerprint density at radius 3 is 2.00 bits per heavy atom. The molecule has 0 saturated heterocycles. The first-order valence-electron chi connectivity index (χ1n) is 6.55. The quantitative estimate of drug-likeness (QED) is 0.620. The summed E-state index contributed by atoms with van der Waals surface area (Å²) in [6.45, 7) is 3.84. The molecule has 0 heterocycles. The second-order valence-corrected chi connectivity index (χ2v) is 4.72. The zero-order valence-electron chi connectivity index (χ0n) is 12.0. The van der Waals surface area contributed by atoms with Gasteiger partial charge in [-0.05, 0) is 30.5 Å². The van der Waals surface area contributed by atoms with E-state index >= 15 is 0 Å². The molecule has 0 spiro atoms. The summed E-state index contributed by atoms with van der Waals surface area (Å²) in [6, 6.07) is 18.1. The SMILES string of the molecule is COC(=O)/C(C)=C(\c1ccccc1)c1ccc(C)cc1. The summed E-state index contributed by atoms with van der Waals surface area (Å²) in [5.74, 6) is -0.301. The number of esters is 1. The Balaban J connectivity index is 2.62. The van der Waals surface area contributed by atoms with Crippen LogP contribution in [0, 0.1) is 6.92 Å². The minimum Gasteiger partial charge on any atom is -0.466 e. The molecule has 0 fully saturated rings. The highest BCUT2D eigenvalue weighted by molar-refractivity contribution is 6.01. The summed E-state index contributed by atoms with van der Waals surface area (Å²) in [6.07, 6.45) is 0. The number of benzene rings is 2. The molecule has 102 valence electrons. The Hall–Kier alpha value is -2.35. The number of carbonyl (C=O) groups excluding carboxylic acids is 1. The third-order valence-corrected chi connectivity index (χ3v) is 3.27. The highest BCUT2D eigenvalue weighted by Gasteiger charge is 2.14. The van der Waals surface area contributed by atoms with Crippen molar-refractivity contribution in [1.29, 1.82) is 0 Å². The molecule has 0 radical (unpaired) electrons. The Labute approximate surface area is 119 Å². The number of carbonyl (C=O) groups is 1. The van der Waals surface area contributed by atoms with Gasteiger partial charge in [0.05, 0.1) is 7.11 Å². The van der Waals surface area contributed by atoms with Gasteiger partial charge >= 0.3 is 5.97 Å². The van der Waals surface area contributed by atoms with Crippen LogP contribution in [-0.4, -0.2) is 13.1 Å². The molecule has 0 unspecified atom stereocenters. The van der Waals surface area contributed by atoms with Crippen LogP contribution in [0.1, 0.15) is 23.6 Å². The molecule has 2 aromatic carbocycles. The van der Waals surface area contributed by atoms with Crippen molar-refractivity contribution in [2.45, 2.75) is 13.8 Å². The zero-order valence-corrected chi connectivity index (χ0v) is 12.0. The Bertz CT molecular complexity index is 622. The average Bonchev–Trinajstić information content (AvgIpc) is 2.49. The van der Waals surface area contributed by atoms with E-state index in [9.17, 15) is 4.79 Å². The van der Waals surface area contributed by atoms with E-state index < -0.39 is 0 Å². The lowest BCUT2D eigenvalue weighted by Gasteiger charge is -2.12. The van der Waals surface area contributed by atoms with E-state index in [-0.39, 0.29) is 5.97 Å². The molecule has 2 aromatic rings. The smallest absolute Gasteiger partial charge is 0.334 e. The third-order valence-electron chi connectivity index (χ3n) is 3.27. The third kappa shape index (κ3) is 2.97. The number of ether oxygens (including phenoxy) is 1. The normalized spacial score (nSPS) is 11.8. The largest absolute Gasteiger partial charge is 0.466 e. The van der Waals surface area contributed by atoms with Crippen LogP contribution in [0.4, 0.5) is 0 Å². The van der Waals surface area contributed by atoms with Crippen molar-refractivity contribution in [1.82, 2.24) is 0 Å². The summed E-state index contributed by atoms with van der Waals surface area (Å²) >= 11 is 0. The van der Waals surface area contributed by atoms with Crippen LogP contribution < -0.4 is 0 Å². The van der Waals surface area contributed by atoms with Gasteiger partial charge in [0, 0.05) is 5.57 Å². The van der Waals surface area contributed by atoms with Crippen molar-refractivity contribution in [2.24, 2.45) is 0 Å². The maximum Gasteiger partial charge on any atom is 0.334 e. The topological polar surface area (TPSA) is 26.3 Å². The van der Waals surface area contributed by atoms with Gasteiger partial charge in [0.2, 0.25) is 0 Å². The van der Waals surface area contributed by atoms with E-state index in [4.69, 9.17) is 4.74 Å². The molecule has 0 bridgehead atoms. The first-order chi connectivity index (χ1) is 9.63. The fraction of sp³-hybridized carbons (Fsp3) is 0.167. The number of rotatable bonds is 3. The highest BCUT2D eigenvalue weighted by atomic mass is 16.5. The van der Waals surface area contributed by atoms with Crippen LogP contribution in [-0.2, 0) is 9.53 Å². The highest BCUT2D eigenvalue weighted by Crippen LogP contribution is 2.27. The molecule has 20 heavy (non-hydrogen) atoms. The van der Waals surface area contributed by atoms with Crippen LogP contribution >= 0.6 is 0 Å². The molecule has 2 nitrogen and oxygen atoms in total. The molecular formula is C18H18O2. The Morgan fingerprint density at radius 2 is 1.45 bits per heavy atom. The average molecular weight is 266 g/mol. The molecule has 2 heteroatoms. The molecule has 0 aliphatic rings. The molecule has 0 saturated carbocycles. The van der Waals surface area contributed by atoms with Crippen molar-refractivity contribution in [3.8, 4) is 0 Å². The van der Waals surface area contributed by atoms with Gasteiger partial charge in [-0.2, -0.15) is 0 Å². The van der Waals surface area contributed by atoms with Gasteiger partial charge in [0.15, 0.2) is 0 Å². The number of hydrogen-bond acceptors (Lipinski definition) is 2. The lowest BCUT2D eigenvalue weighted by atomic mass is 9.93. The fourth-order valence-electron chi connectivity index (χ4n) is 2.18. The standard InChI is InChI=1S/C18H18O2/c1-13-9-11-16(12-10-13)17(14(2)18(19)20-3)15-7-5-4-6-8-15/h4-12H,1-3H3/b17-14+. The first-order valence-corrected chi connectivity index (χ1v) is 6.55. The predicted octanol–water partition coefficient (Wildman–Crippen LogP) is 3.99. The number of methoxy groups -OCH3 is 1. The molecular weight excluding hydrogens is 248 g/mol. The van der Waals surface area contributed by atoms with E-state index in [1.165, 1.54) is 12.7 Å². The van der Waals surface area contributed by atoms with Gasteiger partial charge in [0.1, 0.15) is 0 Å². The van der Waals surface area contributed by atoms with Gasteiger partial charge < -0.3 is 4.74 Å². The summed E-state index contributed by atoms with van der Waals surface area (Å²) < 4.78 is 4.86. The molecule has 0 amide bonds. The minimum absolute atomic E-state index is 0.301. The van der Waals surface area contributed by atoms with E-state index in [2.05, 4.69) is 0 Å². The number of hydrogen-bond donors (Lipinski definition) is 0. The Morgan fingerprint density at radius 1 is 0.900 bits per heavy atom. The van der Waals surface area contributed by atoms with Crippen molar-refractivity contribution in [3.63, 3.8) is 0 Å². The molecule has 0 atom stereocenters. The molecule has 0 N–H and O–H groups in total. The van der Waals surface area contributed by atoms with Gasteiger partial charge in [0.25, 0.3) is 0 Å². The summed E-state index contributed by atoms with van der Waals surface area (Å²) in [5, 5.41) is 0. The maximum absolute atomic E-state index is 11.9. The lowest BCUT2D eigenvalue weighted by molar-refractivity contribution is -0.135. The van der Waals surface area contributed by atoms with Crippen molar-refractivity contribution < 1.29 is 9.53 Å². The summed E-state index contributed by atoms with van der Waals surface area (Å²) in [5.41, 5.74) is 4.75. The summed E-state index contributed by atoms with van der Waals surface area (Å²) in [4.78, 5) is 11.9. The predicted molar refractivity (Wildman–Crippen MR) is 81.3 cm³/mol. The van der Waals surface area contributed by atoms with E-state index in [0.717, 1.165) is 16.7 Å². The van der Waals surface area contributed by atoms with Crippen LogP contribution in [0.15, 0.2) is 60.2 Å². The second-order valence-electron chi connectivity index (χ2n) is 4.72. The lowest BCUT2D eigenvalue weighted by Crippen LogP contribution is -2.05. The monoisotopic (exact) mass is 266 g/mol. The molecule has 2 rings (SSSR count). The van der Waals surface area contributed by atoms with Gasteiger partial charge in [-0.25, -0.2) is 4.79 Å². The molecule has 0 aliphatic heterocycles. The fourth-order valence-corrected chi connectivity index (χ4v) is 2.18. The van der Waals surface area contributed by atoms with Crippen LogP contribution in [0.25, 0.3) is 5.57 Å². The van der Waals surface area contributed by atoms with Crippen molar-refractivity contribution in [2.75, 3.05) is 7.11 Å². The Kier molecular flexibility index (Phi) is 4.36. The maximum atomic E-state index is 11.9. The van der Waals surface area contributed by atoms with Crippen LogP contribution in [0.2, 0.25) is 0 Å².